The van der Waals surface area contributed by atoms with Crippen LogP contribution < -0.4 is 0 Å². The van der Waals surface area contributed by atoms with Crippen molar-refractivity contribution in [3.63, 3.8) is 0 Å². The molecule has 0 saturated heterocycles. The summed E-state index contributed by atoms with van der Waals surface area (Å²) in [5, 5.41) is 7.97. The van der Waals surface area contributed by atoms with E-state index in [2.05, 4.69) is 0 Å². The Labute approximate surface area is 40.3 Å². The lowest BCUT2D eigenvalue weighted by Gasteiger charge is -1.86. The topological polar surface area (TPSA) is 20.2 Å². The maximum Gasteiger partial charge on any atom is 0.271 e. The fourth-order valence-corrected chi connectivity index (χ4v) is 0.0598. The zero-order valence-corrected chi connectivity index (χ0v) is 3.91. The van der Waals surface area contributed by atoms with Crippen molar-refractivity contribution in [3.05, 3.63) is 11.7 Å². The van der Waals surface area contributed by atoms with Gasteiger partial charge in [0.1, 0.15) is 0 Å². The van der Waals surface area contributed by atoms with E-state index < -0.39 is 12.7 Å². The quantitative estimate of drug-likeness (QED) is 0.534. The van der Waals surface area contributed by atoms with E-state index in [4.69, 9.17) is 5.11 Å². The van der Waals surface area contributed by atoms with Crippen LogP contribution in [0.25, 0.3) is 0 Å². The van der Waals surface area contributed by atoms with Gasteiger partial charge in [0.25, 0.3) is 6.08 Å². The number of hydrogen-bond acceptors (Lipinski definition) is 1. The lowest BCUT2D eigenvalue weighted by atomic mass is 10.4. The van der Waals surface area contributed by atoms with Crippen molar-refractivity contribution in [2.45, 2.75) is 6.92 Å². The summed E-state index contributed by atoms with van der Waals surface area (Å²) >= 11 is 0. The Balaban J connectivity index is 3.72. The monoisotopic (exact) mass is 108 g/mol. The molecule has 0 unspecified atom stereocenters. The highest BCUT2D eigenvalue weighted by Crippen LogP contribution is 2.03. The molecule has 1 nitrogen and oxygen atoms in total. The Morgan fingerprint density at radius 1 is 1.57 bits per heavy atom. The molecule has 0 aromatic carbocycles. The third-order valence-corrected chi connectivity index (χ3v) is 0.560. The summed E-state index contributed by atoms with van der Waals surface area (Å²) in [6.45, 7) is 0.623. The van der Waals surface area contributed by atoms with E-state index in [1.165, 1.54) is 6.92 Å². The van der Waals surface area contributed by atoms with Gasteiger partial charge in [0.05, 0.1) is 6.61 Å². The van der Waals surface area contributed by atoms with Crippen molar-refractivity contribution in [1.82, 2.24) is 0 Å². The van der Waals surface area contributed by atoms with E-state index in [0.29, 0.717) is 0 Å². The number of rotatable bonds is 1. The normalized spacial score (nSPS) is 8.57. The van der Waals surface area contributed by atoms with Gasteiger partial charge in [-0.15, -0.1) is 0 Å². The van der Waals surface area contributed by atoms with E-state index in [1.807, 2.05) is 0 Å². The fraction of sp³-hybridized carbons (Fsp3) is 0.500. The average Bonchev–Trinajstić information content (AvgIpc) is 1.65. The van der Waals surface area contributed by atoms with Crippen molar-refractivity contribution < 1.29 is 13.9 Å². The lowest BCUT2D eigenvalue weighted by Crippen LogP contribution is -1.83. The molecule has 0 radical (unpaired) electrons. The van der Waals surface area contributed by atoms with Crippen LogP contribution in [0.1, 0.15) is 6.92 Å². The largest absolute Gasteiger partial charge is 0.392 e. The van der Waals surface area contributed by atoms with Crippen LogP contribution in [0.2, 0.25) is 0 Å². The third-order valence-electron chi connectivity index (χ3n) is 0.560. The van der Waals surface area contributed by atoms with E-state index in [0.717, 1.165) is 0 Å². The van der Waals surface area contributed by atoms with E-state index in [9.17, 15) is 8.78 Å². The standard InChI is InChI=1S/C4H6F2O/c1-3(2-7)4(5)6/h7H,2H2,1H3. The number of halogens is 2. The Morgan fingerprint density at radius 2 is 2.00 bits per heavy atom. The van der Waals surface area contributed by atoms with Gasteiger partial charge in [0.15, 0.2) is 0 Å². The Hall–Kier alpha value is -0.440. The summed E-state index contributed by atoms with van der Waals surface area (Å²) in [5.74, 6) is 0. The average molecular weight is 108 g/mol. The molecule has 0 spiro atoms. The summed E-state index contributed by atoms with van der Waals surface area (Å²) in [5.41, 5.74) is -0.264. The Bertz CT molecular complexity index is 83.7. The van der Waals surface area contributed by atoms with Gasteiger partial charge in [-0.05, 0) is 6.92 Å². The fourth-order valence-electron chi connectivity index (χ4n) is 0.0598. The second kappa shape index (κ2) is 2.69. The first-order chi connectivity index (χ1) is 3.18. The molecule has 0 aromatic heterocycles. The van der Waals surface area contributed by atoms with Crippen LogP contribution in [-0.2, 0) is 0 Å². The summed E-state index contributed by atoms with van der Waals surface area (Å²) in [4.78, 5) is 0. The highest BCUT2D eigenvalue weighted by atomic mass is 19.3. The van der Waals surface area contributed by atoms with Gasteiger partial charge in [0.2, 0.25) is 0 Å². The molecule has 0 atom stereocenters. The highest BCUT2D eigenvalue weighted by Gasteiger charge is 1.93. The first kappa shape index (κ1) is 6.56. The first-order valence-corrected chi connectivity index (χ1v) is 1.80. The van der Waals surface area contributed by atoms with Crippen molar-refractivity contribution >= 4 is 0 Å². The highest BCUT2D eigenvalue weighted by molar-refractivity contribution is 4.97. The van der Waals surface area contributed by atoms with Crippen molar-refractivity contribution in [2.75, 3.05) is 6.61 Å². The van der Waals surface area contributed by atoms with Crippen LogP contribution in [0.4, 0.5) is 8.78 Å². The summed E-state index contributed by atoms with van der Waals surface area (Å²) in [6, 6.07) is 0. The van der Waals surface area contributed by atoms with Crippen molar-refractivity contribution in [1.29, 1.82) is 0 Å². The molecule has 3 heteroatoms. The molecule has 1 N–H and O–H groups in total. The summed E-state index contributed by atoms with van der Waals surface area (Å²) in [7, 11) is 0. The Morgan fingerprint density at radius 3 is 2.00 bits per heavy atom. The van der Waals surface area contributed by atoms with Crippen LogP contribution in [0, 0.1) is 0 Å². The maximum atomic E-state index is 11.1. The summed E-state index contributed by atoms with van der Waals surface area (Å²) < 4.78 is 22.3. The van der Waals surface area contributed by atoms with Crippen molar-refractivity contribution in [3.8, 4) is 0 Å². The molecule has 0 rings (SSSR count). The molecule has 0 aliphatic carbocycles. The van der Waals surface area contributed by atoms with Gasteiger partial charge in [0, 0.05) is 5.57 Å². The van der Waals surface area contributed by atoms with Gasteiger partial charge >= 0.3 is 0 Å². The maximum absolute atomic E-state index is 11.1. The van der Waals surface area contributed by atoms with Gasteiger partial charge in [-0.1, -0.05) is 0 Å². The minimum absolute atomic E-state index is 0.264. The molecule has 0 aliphatic rings. The molecule has 0 saturated carbocycles. The van der Waals surface area contributed by atoms with Gasteiger partial charge in [-0.2, -0.15) is 8.78 Å². The Kier molecular flexibility index (Phi) is 2.52. The van der Waals surface area contributed by atoms with Crippen LogP contribution in [0.15, 0.2) is 11.7 Å². The predicted octanol–water partition coefficient (Wildman–Crippen LogP) is 1.15. The number of hydrogen-bond donors (Lipinski definition) is 1. The first-order valence-electron chi connectivity index (χ1n) is 1.80. The molecule has 42 valence electrons. The SMILES string of the molecule is CC(CO)=C(F)F. The molecular formula is C4H6F2O. The van der Waals surface area contributed by atoms with Gasteiger partial charge in [-0.25, -0.2) is 0 Å². The molecule has 0 bridgehead atoms. The minimum Gasteiger partial charge on any atom is -0.392 e. The molecule has 0 amide bonds. The number of aliphatic hydroxyl groups is 1. The van der Waals surface area contributed by atoms with Crippen LogP contribution in [-0.4, -0.2) is 11.7 Å². The van der Waals surface area contributed by atoms with Gasteiger partial charge in [-0.3, -0.25) is 0 Å². The second-order valence-electron chi connectivity index (χ2n) is 1.20. The zero-order chi connectivity index (χ0) is 5.86. The van der Waals surface area contributed by atoms with Crippen molar-refractivity contribution in [2.24, 2.45) is 0 Å². The van der Waals surface area contributed by atoms with Crippen LogP contribution in [0.5, 0.6) is 0 Å². The number of aliphatic hydroxyl groups excluding tert-OH is 1. The summed E-state index contributed by atoms with van der Waals surface area (Å²) in [6.07, 6.45) is -1.79. The zero-order valence-electron chi connectivity index (χ0n) is 3.91. The molecule has 0 fully saturated rings. The molecule has 0 aromatic rings. The van der Waals surface area contributed by atoms with Gasteiger partial charge < -0.3 is 5.11 Å². The molecular weight excluding hydrogens is 102 g/mol. The van der Waals surface area contributed by atoms with Crippen LogP contribution in [0.3, 0.4) is 0 Å². The lowest BCUT2D eigenvalue weighted by molar-refractivity contribution is 0.311. The third kappa shape index (κ3) is 2.28. The smallest absolute Gasteiger partial charge is 0.271 e. The minimum atomic E-state index is -1.79. The van der Waals surface area contributed by atoms with E-state index in [-0.39, 0.29) is 5.57 Å². The van der Waals surface area contributed by atoms with E-state index in [1.54, 1.807) is 0 Å². The molecule has 0 aliphatic heterocycles. The van der Waals surface area contributed by atoms with E-state index >= 15 is 0 Å². The molecule has 0 heterocycles. The second-order valence-corrected chi connectivity index (χ2v) is 1.20. The molecule has 7 heavy (non-hydrogen) atoms. The van der Waals surface area contributed by atoms with Crippen LogP contribution >= 0.6 is 0 Å². The predicted molar refractivity (Wildman–Crippen MR) is 22.0 cm³/mol.